The number of rotatable bonds is 4. The summed E-state index contributed by atoms with van der Waals surface area (Å²) < 4.78 is 27.6. The van der Waals surface area contributed by atoms with E-state index < -0.39 is 10.0 Å². The molecule has 0 amide bonds. The van der Waals surface area contributed by atoms with Crippen molar-refractivity contribution in [2.45, 2.75) is 17.9 Å². The molecule has 0 saturated heterocycles. The van der Waals surface area contributed by atoms with Crippen molar-refractivity contribution in [1.82, 2.24) is 14.3 Å². The molecular weight excluding hydrogens is 432 g/mol. The Labute approximate surface area is 185 Å². The molecule has 0 bridgehead atoms. The third-order valence-corrected chi connectivity index (χ3v) is 7.53. The minimum Gasteiger partial charge on any atom is -0.339 e. The van der Waals surface area contributed by atoms with Crippen LogP contribution in [0, 0.1) is 0 Å². The fourth-order valence-corrected chi connectivity index (χ4v) is 5.35. The maximum atomic E-state index is 13.1. The monoisotopic (exact) mass is 450 g/mol. The first-order valence-electron chi connectivity index (χ1n) is 9.85. The zero-order valence-electron chi connectivity index (χ0n) is 16.5. The van der Waals surface area contributed by atoms with Gasteiger partial charge in [-0.3, -0.25) is 4.98 Å². The van der Waals surface area contributed by atoms with Gasteiger partial charge < -0.3 is 5.32 Å². The van der Waals surface area contributed by atoms with Crippen LogP contribution in [0.25, 0.3) is 10.9 Å². The Kier molecular flexibility index (Phi) is 5.09. The average Bonchev–Trinajstić information content (AvgIpc) is 2.79. The summed E-state index contributed by atoms with van der Waals surface area (Å²) in [5.41, 5.74) is 3.74. The summed E-state index contributed by atoms with van der Waals surface area (Å²) in [4.78, 5) is 9.23. The lowest BCUT2D eigenvalue weighted by Gasteiger charge is -2.29. The molecule has 6 nitrogen and oxygen atoms in total. The van der Waals surface area contributed by atoms with Crippen LogP contribution in [0.15, 0.2) is 78.0 Å². The second-order valence-corrected chi connectivity index (χ2v) is 9.76. The number of benzene rings is 2. The van der Waals surface area contributed by atoms with Gasteiger partial charge in [0.05, 0.1) is 22.3 Å². The van der Waals surface area contributed by atoms with E-state index >= 15 is 0 Å². The summed E-state index contributed by atoms with van der Waals surface area (Å²) in [5, 5.41) is 4.91. The molecule has 31 heavy (non-hydrogen) atoms. The molecule has 0 aliphatic carbocycles. The van der Waals surface area contributed by atoms with Gasteiger partial charge in [-0.25, -0.2) is 13.4 Å². The number of nitrogens with one attached hydrogen (secondary N) is 1. The van der Waals surface area contributed by atoms with E-state index in [0.29, 0.717) is 24.5 Å². The van der Waals surface area contributed by atoms with Crippen LogP contribution >= 0.6 is 11.6 Å². The lowest BCUT2D eigenvalue weighted by molar-refractivity contribution is 0.391. The smallest absolute Gasteiger partial charge is 0.243 e. The molecule has 0 spiro atoms. The van der Waals surface area contributed by atoms with E-state index in [1.165, 1.54) is 4.31 Å². The van der Waals surface area contributed by atoms with Gasteiger partial charge in [-0.1, -0.05) is 29.8 Å². The Morgan fingerprint density at radius 3 is 2.65 bits per heavy atom. The van der Waals surface area contributed by atoms with Crippen LogP contribution in [-0.2, 0) is 23.0 Å². The van der Waals surface area contributed by atoms with Crippen LogP contribution in [0.5, 0.6) is 0 Å². The predicted octanol–water partition coefficient (Wildman–Crippen LogP) is 4.77. The van der Waals surface area contributed by atoms with E-state index in [4.69, 9.17) is 11.6 Å². The minimum atomic E-state index is -3.59. The quantitative estimate of drug-likeness (QED) is 0.484. The average molecular weight is 451 g/mol. The number of aromatic nitrogens is 2. The molecule has 4 aromatic rings. The summed E-state index contributed by atoms with van der Waals surface area (Å²) in [6, 6.07) is 18.1. The number of hydrogen-bond acceptors (Lipinski definition) is 5. The van der Waals surface area contributed by atoms with Crippen LogP contribution in [0.3, 0.4) is 0 Å². The summed E-state index contributed by atoms with van der Waals surface area (Å²) in [6.45, 7) is 0.682. The van der Waals surface area contributed by atoms with Crippen LogP contribution < -0.4 is 5.32 Å². The van der Waals surface area contributed by atoms with E-state index in [9.17, 15) is 8.42 Å². The highest BCUT2D eigenvalue weighted by molar-refractivity contribution is 7.89. The van der Waals surface area contributed by atoms with Crippen LogP contribution in [0.2, 0.25) is 5.02 Å². The molecule has 8 heteroatoms. The van der Waals surface area contributed by atoms with Gasteiger partial charge in [0.25, 0.3) is 0 Å². The number of sulfonamides is 1. The van der Waals surface area contributed by atoms with Crippen molar-refractivity contribution in [1.29, 1.82) is 0 Å². The number of halogens is 1. The highest BCUT2D eigenvalue weighted by Gasteiger charge is 2.29. The lowest BCUT2D eigenvalue weighted by Crippen LogP contribution is -2.36. The molecule has 0 saturated carbocycles. The predicted molar refractivity (Wildman–Crippen MR) is 122 cm³/mol. The molecule has 5 rings (SSSR count). The Balaban J connectivity index is 1.42. The third kappa shape index (κ3) is 3.87. The lowest BCUT2D eigenvalue weighted by atomic mass is 10.0. The van der Waals surface area contributed by atoms with E-state index in [1.54, 1.807) is 36.7 Å². The van der Waals surface area contributed by atoms with Gasteiger partial charge in [-0.2, -0.15) is 4.31 Å². The summed E-state index contributed by atoms with van der Waals surface area (Å²) in [5.74, 6) is 0.734. The molecule has 0 fully saturated rings. The van der Waals surface area contributed by atoms with Gasteiger partial charge >= 0.3 is 0 Å². The Hall–Kier alpha value is -3.00. The molecule has 2 aromatic heterocycles. The zero-order valence-corrected chi connectivity index (χ0v) is 18.1. The van der Waals surface area contributed by atoms with Crippen LogP contribution in [0.4, 0.5) is 11.5 Å². The van der Waals surface area contributed by atoms with E-state index in [1.807, 2.05) is 36.4 Å². The van der Waals surface area contributed by atoms with Gasteiger partial charge in [-0.05, 0) is 54.4 Å². The Morgan fingerprint density at radius 1 is 1.00 bits per heavy atom. The van der Waals surface area contributed by atoms with Crippen molar-refractivity contribution >= 4 is 44.0 Å². The number of anilines is 2. The van der Waals surface area contributed by atoms with E-state index in [2.05, 4.69) is 15.3 Å². The van der Waals surface area contributed by atoms with Crippen molar-refractivity contribution in [3.05, 3.63) is 89.2 Å². The standard InChI is InChI=1S/C23H19ClN4O2S/c24-18-5-7-20(8-6-18)31(29,30)28-12-10-21-17(15-28)9-11-25-23(21)27-19-13-16-3-1-2-4-22(16)26-14-19/h1-9,11,13-14H,10,12,15H2,(H,25,27). The summed E-state index contributed by atoms with van der Waals surface area (Å²) >= 11 is 5.90. The molecule has 0 unspecified atom stereocenters. The molecule has 0 atom stereocenters. The number of nitrogens with zero attached hydrogens (tertiary/aromatic N) is 3. The third-order valence-electron chi connectivity index (χ3n) is 5.42. The highest BCUT2D eigenvalue weighted by atomic mass is 35.5. The molecule has 1 N–H and O–H groups in total. The second kappa shape index (κ2) is 7.92. The normalized spacial score (nSPS) is 14.4. The molecule has 3 heterocycles. The van der Waals surface area contributed by atoms with Crippen molar-refractivity contribution in [2.75, 3.05) is 11.9 Å². The summed E-state index contributed by atoms with van der Waals surface area (Å²) in [7, 11) is -3.59. The van der Waals surface area contributed by atoms with E-state index in [0.717, 1.165) is 33.5 Å². The Morgan fingerprint density at radius 2 is 1.81 bits per heavy atom. The fourth-order valence-electron chi connectivity index (χ4n) is 3.81. The first kappa shape index (κ1) is 19.9. The van der Waals surface area contributed by atoms with E-state index in [-0.39, 0.29) is 4.90 Å². The minimum absolute atomic E-state index is 0.245. The van der Waals surface area contributed by atoms with Crippen molar-refractivity contribution in [3.63, 3.8) is 0 Å². The number of hydrogen-bond donors (Lipinski definition) is 1. The zero-order chi connectivity index (χ0) is 21.4. The maximum absolute atomic E-state index is 13.1. The molecule has 1 aliphatic rings. The molecule has 2 aromatic carbocycles. The SMILES string of the molecule is O=S(=O)(c1ccc(Cl)cc1)N1CCc2c(ccnc2Nc2cnc3ccccc3c2)C1. The van der Waals surface area contributed by atoms with Crippen molar-refractivity contribution in [2.24, 2.45) is 0 Å². The fraction of sp³-hybridized carbons (Fsp3) is 0.130. The Bertz CT molecular complexity index is 1370. The first-order valence-corrected chi connectivity index (χ1v) is 11.7. The first-order chi connectivity index (χ1) is 15.0. The second-order valence-electron chi connectivity index (χ2n) is 7.38. The number of fused-ring (bicyclic) bond motifs is 2. The molecule has 156 valence electrons. The van der Waals surface area contributed by atoms with Gasteiger partial charge in [0, 0.05) is 35.3 Å². The van der Waals surface area contributed by atoms with Gasteiger partial charge in [0.15, 0.2) is 0 Å². The largest absolute Gasteiger partial charge is 0.339 e. The van der Waals surface area contributed by atoms with Gasteiger partial charge in [-0.15, -0.1) is 0 Å². The number of para-hydroxylation sites is 1. The summed E-state index contributed by atoms with van der Waals surface area (Å²) in [6.07, 6.45) is 4.05. The maximum Gasteiger partial charge on any atom is 0.243 e. The van der Waals surface area contributed by atoms with Gasteiger partial charge in [0.1, 0.15) is 5.82 Å². The topological polar surface area (TPSA) is 75.2 Å². The van der Waals surface area contributed by atoms with Gasteiger partial charge in [0.2, 0.25) is 10.0 Å². The van der Waals surface area contributed by atoms with Crippen molar-refractivity contribution < 1.29 is 8.42 Å². The molecule has 0 radical (unpaired) electrons. The highest BCUT2D eigenvalue weighted by Crippen LogP contribution is 2.30. The molecular formula is C23H19ClN4O2S. The van der Waals surface area contributed by atoms with Crippen LogP contribution in [0.1, 0.15) is 11.1 Å². The number of pyridine rings is 2. The molecule has 1 aliphatic heterocycles. The van der Waals surface area contributed by atoms with Crippen LogP contribution in [-0.4, -0.2) is 29.2 Å². The van der Waals surface area contributed by atoms with Crippen molar-refractivity contribution in [3.8, 4) is 0 Å².